The molecule has 0 radical (unpaired) electrons. The van der Waals surface area contributed by atoms with Gasteiger partial charge in [-0.25, -0.2) is 8.78 Å². The predicted octanol–water partition coefficient (Wildman–Crippen LogP) is 4.33. The Morgan fingerprint density at radius 3 is 2.00 bits per heavy atom. The highest BCUT2D eigenvalue weighted by atomic mass is 19.1. The zero-order valence-electron chi connectivity index (χ0n) is 10.8. The van der Waals surface area contributed by atoms with E-state index < -0.39 is 17.0 Å². The second-order valence-electron chi connectivity index (χ2n) is 5.41. The Bertz CT molecular complexity index is 469. The third kappa shape index (κ3) is 1.90. The van der Waals surface area contributed by atoms with Gasteiger partial charge in [-0.2, -0.15) is 5.26 Å². The highest BCUT2D eigenvalue weighted by Gasteiger charge is 2.54. The molecule has 0 aliphatic heterocycles. The van der Waals surface area contributed by atoms with Gasteiger partial charge in [-0.1, -0.05) is 26.7 Å². The summed E-state index contributed by atoms with van der Waals surface area (Å²) in [4.78, 5) is 0. The fraction of sp³-hybridized carbons (Fsp3) is 0.533. The van der Waals surface area contributed by atoms with Gasteiger partial charge in [0.25, 0.3) is 0 Å². The van der Waals surface area contributed by atoms with Crippen molar-refractivity contribution in [1.82, 2.24) is 0 Å². The van der Waals surface area contributed by atoms with Crippen molar-refractivity contribution >= 4 is 0 Å². The van der Waals surface area contributed by atoms with Gasteiger partial charge in [0.2, 0.25) is 0 Å². The van der Waals surface area contributed by atoms with Crippen molar-refractivity contribution in [2.45, 2.75) is 44.9 Å². The van der Waals surface area contributed by atoms with Crippen LogP contribution in [0.4, 0.5) is 8.78 Å². The van der Waals surface area contributed by atoms with Crippen molar-refractivity contribution in [3.8, 4) is 6.07 Å². The molecule has 0 N–H and O–H groups in total. The summed E-state index contributed by atoms with van der Waals surface area (Å²) in [5, 5.41) is 9.40. The highest BCUT2D eigenvalue weighted by Crippen LogP contribution is 2.59. The molecule has 1 aromatic carbocycles. The van der Waals surface area contributed by atoms with Crippen molar-refractivity contribution < 1.29 is 8.78 Å². The number of benzene rings is 1. The molecule has 0 atom stereocenters. The Balaban J connectivity index is 2.35. The van der Waals surface area contributed by atoms with Crippen LogP contribution in [0.2, 0.25) is 0 Å². The average Bonchev–Trinajstić information content (AvgIpc) is 2.29. The van der Waals surface area contributed by atoms with Gasteiger partial charge in [-0.15, -0.1) is 0 Å². The minimum Gasteiger partial charge on any atom is -0.207 e. The van der Waals surface area contributed by atoms with E-state index in [-0.39, 0.29) is 5.41 Å². The van der Waals surface area contributed by atoms with Crippen molar-refractivity contribution in [2.75, 3.05) is 0 Å². The fourth-order valence-corrected chi connectivity index (χ4v) is 3.16. The average molecular weight is 249 g/mol. The lowest BCUT2D eigenvalue weighted by atomic mass is 9.49. The fourth-order valence-electron chi connectivity index (χ4n) is 3.16. The largest absolute Gasteiger partial charge is 0.207 e. The first kappa shape index (κ1) is 13.0. The summed E-state index contributed by atoms with van der Waals surface area (Å²) in [6, 6.07) is 5.71. The topological polar surface area (TPSA) is 23.8 Å². The number of nitriles is 1. The second-order valence-corrected chi connectivity index (χ2v) is 5.41. The van der Waals surface area contributed by atoms with Crippen molar-refractivity contribution in [1.29, 1.82) is 5.26 Å². The molecule has 18 heavy (non-hydrogen) atoms. The molecule has 0 heterocycles. The molecule has 0 bridgehead atoms. The monoisotopic (exact) mass is 249 g/mol. The van der Waals surface area contributed by atoms with Crippen molar-refractivity contribution in [2.24, 2.45) is 5.41 Å². The van der Waals surface area contributed by atoms with Gasteiger partial charge in [0.05, 0.1) is 11.5 Å². The van der Waals surface area contributed by atoms with Crippen molar-refractivity contribution in [3.63, 3.8) is 0 Å². The molecule has 1 aliphatic rings. The van der Waals surface area contributed by atoms with Gasteiger partial charge >= 0.3 is 0 Å². The molecule has 2 rings (SSSR count). The van der Waals surface area contributed by atoms with Crippen LogP contribution in [0.15, 0.2) is 18.2 Å². The van der Waals surface area contributed by atoms with Crippen LogP contribution in [0.1, 0.15) is 45.1 Å². The van der Waals surface area contributed by atoms with Crippen LogP contribution in [-0.4, -0.2) is 0 Å². The van der Waals surface area contributed by atoms with Gasteiger partial charge in [0, 0.05) is 6.07 Å². The molecule has 96 valence electrons. The van der Waals surface area contributed by atoms with E-state index in [9.17, 15) is 14.0 Å². The molecule has 0 amide bonds. The van der Waals surface area contributed by atoms with E-state index in [0.717, 1.165) is 18.9 Å². The Hall–Kier alpha value is -1.43. The van der Waals surface area contributed by atoms with Gasteiger partial charge < -0.3 is 0 Å². The standard InChI is InChI=1S/C15H17F2N/c1-3-14(4-2)8-15(9-14,10-18)11-5-12(16)7-13(17)6-11/h5-7H,3-4,8-9H2,1-2H3. The van der Waals surface area contributed by atoms with E-state index >= 15 is 0 Å². The number of halogens is 2. The number of hydrogen-bond acceptors (Lipinski definition) is 1. The van der Waals surface area contributed by atoms with Gasteiger partial charge in [-0.3, -0.25) is 0 Å². The maximum absolute atomic E-state index is 13.3. The highest BCUT2D eigenvalue weighted by molar-refractivity contribution is 5.38. The van der Waals surface area contributed by atoms with E-state index in [1.807, 2.05) is 0 Å². The van der Waals surface area contributed by atoms with Gasteiger partial charge in [0.1, 0.15) is 11.6 Å². The summed E-state index contributed by atoms with van der Waals surface area (Å²) in [7, 11) is 0. The third-order valence-electron chi connectivity index (χ3n) is 4.48. The number of rotatable bonds is 3. The van der Waals surface area contributed by atoms with Crippen LogP contribution in [0, 0.1) is 28.4 Å². The van der Waals surface area contributed by atoms with Gasteiger partial charge in [-0.05, 0) is 36.0 Å². The molecule has 0 aromatic heterocycles. The first-order chi connectivity index (χ1) is 8.49. The molecular weight excluding hydrogens is 232 g/mol. The SMILES string of the molecule is CCC1(CC)CC(C#N)(c2cc(F)cc(F)c2)C1. The lowest BCUT2D eigenvalue weighted by Crippen LogP contribution is -2.48. The molecule has 1 aliphatic carbocycles. The number of hydrogen-bond donors (Lipinski definition) is 0. The van der Waals surface area contributed by atoms with Crippen LogP contribution < -0.4 is 0 Å². The molecule has 1 fully saturated rings. The predicted molar refractivity (Wildman–Crippen MR) is 65.9 cm³/mol. The minimum atomic E-state index is -0.699. The second kappa shape index (κ2) is 4.35. The molecule has 0 spiro atoms. The van der Waals surface area contributed by atoms with E-state index in [2.05, 4.69) is 19.9 Å². The summed E-state index contributed by atoms with van der Waals surface area (Å²) in [5.74, 6) is -1.21. The smallest absolute Gasteiger partial charge is 0.126 e. The third-order valence-corrected chi connectivity index (χ3v) is 4.48. The van der Waals surface area contributed by atoms with Crippen LogP contribution in [0.5, 0.6) is 0 Å². The van der Waals surface area contributed by atoms with Crippen LogP contribution in [0.25, 0.3) is 0 Å². The molecule has 0 saturated heterocycles. The first-order valence-electron chi connectivity index (χ1n) is 6.37. The summed E-state index contributed by atoms with van der Waals surface area (Å²) >= 11 is 0. The lowest BCUT2D eigenvalue weighted by molar-refractivity contribution is 0.0476. The number of nitrogens with zero attached hydrogens (tertiary/aromatic N) is 1. The van der Waals surface area contributed by atoms with Crippen molar-refractivity contribution in [3.05, 3.63) is 35.4 Å². The molecule has 1 saturated carbocycles. The van der Waals surface area contributed by atoms with Crippen LogP contribution in [-0.2, 0) is 5.41 Å². The molecule has 1 nitrogen and oxygen atoms in total. The van der Waals surface area contributed by atoms with E-state index in [1.165, 1.54) is 12.1 Å². The Morgan fingerprint density at radius 2 is 1.61 bits per heavy atom. The zero-order chi connectivity index (χ0) is 13.4. The summed E-state index contributed by atoms with van der Waals surface area (Å²) in [6.45, 7) is 4.22. The van der Waals surface area contributed by atoms with E-state index in [4.69, 9.17) is 0 Å². The van der Waals surface area contributed by atoms with E-state index in [1.54, 1.807) is 0 Å². The maximum Gasteiger partial charge on any atom is 0.126 e. The molecule has 0 unspecified atom stereocenters. The normalized spacial score (nSPS) is 19.9. The lowest BCUT2D eigenvalue weighted by Gasteiger charge is -2.52. The zero-order valence-corrected chi connectivity index (χ0v) is 10.8. The summed E-state index contributed by atoms with van der Waals surface area (Å²) < 4.78 is 26.5. The summed E-state index contributed by atoms with van der Waals surface area (Å²) in [5.41, 5.74) is -0.0481. The quantitative estimate of drug-likeness (QED) is 0.782. The summed E-state index contributed by atoms with van der Waals surface area (Å²) in [6.07, 6.45) is 3.41. The molecule has 3 heteroatoms. The minimum absolute atomic E-state index is 0.165. The maximum atomic E-state index is 13.3. The van der Waals surface area contributed by atoms with Gasteiger partial charge in [0.15, 0.2) is 0 Å². The Labute approximate surface area is 106 Å². The van der Waals surface area contributed by atoms with E-state index in [0.29, 0.717) is 18.4 Å². The molecular formula is C15H17F2N. The van der Waals surface area contributed by atoms with Crippen LogP contribution >= 0.6 is 0 Å². The first-order valence-corrected chi connectivity index (χ1v) is 6.37. The molecule has 1 aromatic rings. The Morgan fingerprint density at radius 1 is 1.11 bits per heavy atom. The van der Waals surface area contributed by atoms with Crippen LogP contribution in [0.3, 0.4) is 0 Å². The Kier molecular flexibility index (Phi) is 3.14.